The summed E-state index contributed by atoms with van der Waals surface area (Å²) in [5.41, 5.74) is 0.834. The molecule has 6 nitrogen and oxygen atoms in total. The minimum atomic E-state index is -0.863. The van der Waals surface area contributed by atoms with E-state index in [9.17, 15) is 14.7 Å². The van der Waals surface area contributed by atoms with Gasteiger partial charge in [-0.3, -0.25) is 14.3 Å². The quantitative estimate of drug-likeness (QED) is 0.811. The molecule has 4 atom stereocenters. The average molecular weight is 329 g/mol. The van der Waals surface area contributed by atoms with E-state index in [-0.39, 0.29) is 17.7 Å². The van der Waals surface area contributed by atoms with Crippen molar-refractivity contribution in [1.82, 2.24) is 15.1 Å². The van der Waals surface area contributed by atoms with Crippen molar-refractivity contribution >= 4 is 11.9 Å². The highest BCUT2D eigenvalue weighted by Crippen LogP contribution is 2.48. The van der Waals surface area contributed by atoms with Gasteiger partial charge in [0.15, 0.2) is 0 Å². The van der Waals surface area contributed by atoms with E-state index >= 15 is 0 Å². The maximum atomic E-state index is 12.5. The molecule has 0 saturated heterocycles. The van der Waals surface area contributed by atoms with E-state index in [4.69, 9.17) is 0 Å². The van der Waals surface area contributed by atoms with Crippen LogP contribution >= 0.6 is 0 Å². The van der Waals surface area contributed by atoms with Gasteiger partial charge in [0.2, 0.25) is 5.91 Å². The Hall–Kier alpha value is -2.11. The number of hydrogen-bond donors (Lipinski definition) is 2. The molecule has 0 unspecified atom stereocenters. The number of fused-ring (bicyclic) bond motifs is 2. The van der Waals surface area contributed by atoms with Crippen LogP contribution in [0.15, 0.2) is 24.4 Å². The fraction of sp³-hybridized carbons (Fsp3) is 0.611. The molecule has 2 bridgehead atoms. The zero-order chi connectivity index (χ0) is 16.7. The summed E-state index contributed by atoms with van der Waals surface area (Å²) < 4.78 is 2.01. The number of nitrogens with one attached hydrogen (secondary N) is 1. The van der Waals surface area contributed by atoms with Gasteiger partial charge in [-0.15, -0.1) is 0 Å². The van der Waals surface area contributed by atoms with E-state index in [2.05, 4.69) is 10.4 Å². The number of aliphatic carboxylic acids is 1. The lowest BCUT2D eigenvalue weighted by molar-refractivity contribution is -0.147. The van der Waals surface area contributed by atoms with Crippen molar-refractivity contribution in [1.29, 1.82) is 0 Å². The lowest BCUT2D eigenvalue weighted by atomic mass is 9.82. The number of nitrogens with zero attached hydrogens (tertiary/aromatic N) is 2. The van der Waals surface area contributed by atoms with Gasteiger partial charge in [-0.25, -0.2) is 0 Å². The minimum absolute atomic E-state index is 0.00447. The molecule has 3 aliphatic rings. The van der Waals surface area contributed by atoms with Crippen molar-refractivity contribution < 1.29 is 14.7 Å². The van der Waals surface area contributed by atoms with Gasteiger partial charge >= 0.3 is 5.97 Å². The average Bonchev–Trinajstić information content (AvgIpc) is 3.35. The Labute approximate surface area is 140 Å². The Morgan fingerprint density at radius 3 is 2.62 bits per heavy atom. The van der Waals surface area contributed by atoms with Crippen molar-refractivity contribution in [3.63, 3.8) is 0 Å². The Kier molecular flexibility index (Phi) is 3.90. The second-order valence-corrected chi connectivity index (χ2v) is 7.28. The third-order valence-electron chi connectivity index (χ3n) is 5.85. The number of aromatic nitrogens is 2. The van der Waals surface area contributed by atoms with Crippen molar-refractivity contribution in [3.05, 3.63) is 30.1 Å². The Balaban J connectivity index is 1.38. The van der Waals surface area contributed by atoms with Crippen LogP contribution in [0, 0.1) is 23.7 Å². The summed E-state index contributed by atoms with van der Waals surface area (Å²) in [6.45, 7) is 0.364. The third-order valence-corrected chi connectivity index (χ3v) is 5.85. The fourth-order valence-electron chi connectivity index (χ4n) is 4.66. The second kappa shape index (κ2) is 6.07. The number of carboxylic acids is 1. The van der Waals surface area contributed by atoms with Crippen LogP contribution in [0.2, 0.25) is 0 Å². The smallest absolute Gasteiger partial charge is 0.307 e. The Bertz CT molecular complexity index is 675. The zero-order valence-corrected chi connectivity index (χ0v) is 13.6. The van der Waals surface area contributed by atoms with Crippen LogP contribution in [-0.4, -0.2) is 26.8 Å². The van der Waals surface area contributed by atoms with Crippen LogP contribution < -0.4 is 5.32 Å². The van der Waals surface area contributed by atoms with E-state index < -0.39 is 17.8 Å². The van der Waals surface area contributed by atoms with Gasteiger partial charge in [0.25, 0.3) is 0 Å². The van der Waals surface area contributed by atoms with Crippen LogP contribution in [-0.2, 0) is 16.1 Å². The summed E-state index contributed by atoms with van der Waals surface area (Å²) in [5.74, 6) is -1.99. The van der Waals surface area contributed by atoms with Crippen LogP contribution in [0.25, 0.3) is 0 Å². The third kappa shape index (κ3) is 2.64. The molecule has 0 aromatic carbocycles. The summed E-state index contributed by atoms with van der Waals surface area (Å²) in [6.07, 6.45) is 11.6. The van der Waals surface area contributed by atoms with Gasteiger partial charge in [0.05, 0.1) is 30.1 Å². The summed E-state index contributed by atoms with van der Waals surface area (Å²) in [4.78, 5) is 24.0. The highest BCUT2D eigenvalue weighted by Gasteiger charge is 2.51. The summed E-state index contributed by atoms with van der Waals surface area (Å²) in [6, 6.07) is 2.43. The maximum Gasteiger partial charge on any atom is 0.307 e. The molecule has 1 amide bonds. The first-order chi connectivity index (χ1) is 11.6. The van der Waals surface area contributed by atoms with Crippen LogP contribution in [0.1, 0.15) is 43.8 Å². The van der Waals surface area contributed by atoms with Crippen molar-refractivity contribution in [2.75, 3.05) is 0 Å². The molecule has 3 aliphatic carbocycles. The number of carbonyl (C=O) groups excluding carboxylic acids is 1. The lowest BCUT2D eigenvalue weighted by Gasteiger charge is -2.23. The van der Waals surface area contributed by atoms with Crippen LogP contribution in [0.4, 0.5) is 0 Å². The molecule has 0 aliphatic heterocycles. The van der Waals surface area contributed by atoms with E-state index in [1.165, 1.54) is 25.7 Å². The van der Waals surface area contributed by atoms with Crippen LogP contribution in [0.5, 0.6) is 0 Å². The normalized spacial score (nSPS) is 31.7. The van der Waals surface area contributed by atoms with Gasteiger partial charge in [0, 0.05) is 6.20 Å². The van der Waals surface area contributed by atoms with E-state index in [0.717, 1.165) is 12.1 Å². The molecule has 4 rings (SSSR count). The van der Waals surface area contributed by atoms with Crippen molar-refractivity contribution in [2.45, 2.75) is 44.7 Å². The van der Waals surface area contributed by atoms with Crippen LogP contribution in [0.3, 0.4) is 0 Å². The maximum absolute atomic E-state index is 12.5. The molecular formula is C18H23N3O3. The van der Waals surface area contributed by atoms with Gasteiger partial charge in [-0.2, -0.15) is 5.10 Å². The highest BCUT2D eigenvalue weighted by atomic mass is 16.4. The topological polar surface area (TPSA) is 84.2 Å². The summed E-state index contributed by atoms with van der Waals surface area (Å²) in [7, 11) is 0. The van der Waals surface area contributed by atoms with Gasteiger partial charge in [-0.1, -0.05) is 25.0 Å². The number of amides is 1. The Morgan fingerprint density at radius 2 is 1.92 bits per heavy atom. The number of hydrogen-bond acceptors (Lipinski definition) is 3. The molecule has 128 valence electrons. The van der Waals surface area contributed by atoms with Gasteiger partial charge < -0.3 is 10.4 Å². The summed E-state index contributed by atoms with van der Waals surface area (Å²) in [5, 5.41) is 16.9. The van der Waals surface area contributed by atoms with Crippen molar-refractivity contribution in [2.24, 2.45) is 23.7 Å². The molecule has 0 radical (unpaired) electrons. The molecule has 2 fully saturated rings. The zero-order valence-electron chi connectivity index (χ0n) is 13.6. The second-order valence-electron chi connectivity index (χ2n) is 7.28. The highest BCUT2D eigenvalue weighted by molar-refractivity contribution is 5.86. The number of carbonyl (C=O) groups is 2. The molecule has 0 spiro atoms. The molecule has 24 heavy (non-hydrogen) atoms. The molecule has 2 saturated carbocycles. The molecule has 2 N–H and O–H groups in total. The lowest BCUT2D eigenvalue weighted by Crippen LogP contribution is -2.40. The monoisotopic (exact) mass is 329 g/mol. The standard InChI is InChI=1S/C18H23N3O3/c22-17(15-11-5-6-12(9-11)16(15)18(23)24)19-10-13-7-8-21(20-13)14-3-1-2-4-14/h5-8,11-12,14-16H,1-4,9-10H2,(H,19,22)(H,23,24)/t11-,12-,15+,16-/m0/s1. The first-order valence-electron chi connectivity index (χ1n) is 8.86. The molecule has 1 heterocycles. The first kappa shape index (κ1) is 15.4. The minimum Gasteiger partial charge on any atom is -0.481 e. The molecular weight excluding hydrogens is 306 g/mol. The number of rotatable bonds is 5. The predicted molar refractivity (Wildman–Crippen MR) is 86.9 cm³/mol. The molecule has 6 heteroatoms. The fourth-order valence-corrected chi connectivity index (χ4v) is 4.66. The Morgan fingerprint density at radius 1 is 1.21 bits per heavy atom. The van der Waals surface area contributed by atoms with Crippen molar-refractivity contribution in [3.8, 4) is 0 Å². The molecule has 1 aromatic heterocycles. The summed E-state index contributed by atoms with van der Waals surface area (Å²) >= 11 is 0. The first-order valence-corrected chi connectivity index (χ1v) is 8.86. The van der Waals surface area contributed by atoms with Gasteiger partial charge in [-0.05, 0) is 37.2 Å². The van der Waals surface area contributed by atoms with E-state index in [1.807, 2.05) is 29.1 Å². The SMILES string of the molecule is O=C(O)[C@@H]1[C@H](C(=O)NCc2ccn(C3CCCC3)n2)[C@H]2C=C[C@H]1C2. The number of allylic oxidation sites excluding steroid dienone is 2. The number of carboxylic acid groups (broad SMARTS) is 1. The van der Waals surface area contributed by atoms with E-state index in [0.29, 0.717) is 12.6 Å². The predicted octanol–water partition coefficient (Wildman–Crippen LogP) is 2.14. The molecule has 1 aromatic rings. The largest absolute Gasteiger partial charge is 0.481 e. The van der Waals surface area contributed by atoms with E-state index in [1.54, 1.807) is 0 Å². The van der Waals surface area contributed by atoms with Gasteiger partial charge in [0.1, 0.15) is 0 Å².